The van der Waals surface area contributed by atoms with Gasteiger partial charge in [0.05, 0.1) is 86.4 Å². The summed E-state index contributed by atoms with van der Waals surface area (Å²) in [6.45, 7) is 0. The van der Waals surface area contributed by atoms with Gasteiger partial charge in [-0.05, 0) is 36.4 Å². The molecule has 4 aromatic carbocycles. The molecule has 0 bridgehead atoms. The normalized spacial score (nSPS) is 11.5. The molecule has 0 saturated heterocycles. The Morgan fingerprint density at radius 1 is 0.649 bits per heavy atom. The van der Waals surface area contributed by atoms with Crippen molar-refractivity contribution in [2.24, 2.45) is 0 Å². The van der Waals surface area contributed by atoms with Crippen LogP contribution in [0.1, 0.15) is 52.0 Å². The Labute approximate surface area is 329 Å². The summed E-state index contributed by atoms with van der Waals surface area (Å²) < 4.78 is 100. The van der Waals surface area contributed by atoms with E-state index in [0.29, 0.717) is 28.0 Å². The van der Waals surface area contributed by atoms with E-state index >= 15 is 0 Å². The van der Waals surface area contributed by atoms with Crippen LogP contribution in [0.15, 0.2) is 77.8 Å². The van der Waals surface area contributed by atoms with Crippen molar-refractivity contribution in [1.82, 2.24) is 19.1 Å². The van der Waals surface area contributed by atoms with Gasteiger partial charge in [-0.1, -0.05) is 15.9 Å². The van der Waals surface area contributed by atoms with Crippen LogP contribution < -0.4 is 18.9 Å². The quantitative estimate of drug-likeness (QED) is 0.0872. The molecule has 0 aliphatic carbocycles. The average Bonchev–Trinajstić information content (AvgIpc) is 3.81. The third-order valence-corrected chi connectivity index (χ3v) is 9.05. The van der Waals surface area contributed by atoms with Crippen molar-refractivity contribution in [2.45, 2.75) is 38.0 Å². The summed E-state index contributed by atoms with van der Waals surface area (Å²) in [5.41, 5.74) is 4.40. The SMILES string of the molecule is COc1cc(-n2cnc3cc(Br)ccc32)cc(OC)c1C(=O)CCC(F)(F)F.COc1cc(-n2cnc3cc(C#N)ccc32)cc(OC)c1C(=O)CCC(F)(F)F. The minimum Gasteiger partial charge on any atom is -0.496 e. The second kappa shape index (κ2) is 17.4. The van der Waals surface area contributed by atoms with Crippen LogP contribution in [-0.2, 0) is 0 Å². The minimum atomic E-state index is -4.44. The lowest BCUT2D eigenvalue weighted by Crippen LogP contribution is -2.13. The number of hydrogen-bond donors (Lipinski definition) is 0. The van der Waals surface area contributed by atoms with Gasteiger partial charge in [0.15, 0.2) is 11.6 Å². The first-order chi connectivity index (χ1) is 27.0. The molecule has 0 N–H and O–H groups in total. The smallest absolute Gasteiger partial charge is 0.389 e. The molecule has 0 saturated carbocycles. The summed E-state index contributed by atoms with van der Waals surface area (Å²) in [6.07, 6.45) is -9.54. The molecular weight excluding hydrogens is 828 g/mol. The summed E-state index contributed by atoms with van der Waals surface area (Å²) in [5, 5.41) is 9.01. The summed E-state index contributed by atoms with van der Waals surface area (Å²) in [6, 6.07) is 18.8. The maximum absolute atomic E-state index is 12.5. The van der Waals surface area contributed by atoms with Gasteiger partial charge >= 0.3 is 12.4 Å². The van der Waals surface area contributed by atoms with E-state index < -0.39 is 49.6 Å². The average molecular weight is 861 g/mol. The zero-order valence-corrected chi connectivity index (χ0v) is 32.2. The number of methoxy groups -OCH3 is 4. The number of Topliss-reactive ketones (excluding diaryl/α,β-unsaturated/α-hetero) is 2. The molecule has 0 amide bonds. The largest absolute Gasteiger partial charge is 0.496 e. The van der Waals surface area contributed by atoms with Crippen LogP contribution >= 0.6 is 15.9 Å². The van der Waals surface area contributed by atoms with Gasteiger partial charge in [0.25, 0.3) is 0 Å². The molecule has 18 heteroatoms. The molecule has 0 unspecified atom stereocenters. The molecule has 6 aromatic rings. The number of halogens is 7. The molecule has 298 valence electrons. The number of nitrogens with zero attached hydrogens (tertiary/aromatic N) is 5. The Kier molecular flexibility index (Phi) is 12.8. The Morgan fingerprint density at radius 3 is 1.40 bits per heavy atom. The third-order valence-electron chi connectivity index (χ3n) is 8.55. The van der Waals surface area contributed by atoms with Crippen molar-refractivity contribution in [2.75, 3.05) is 28.4 Å². The van der Waals surface area contributed by atoms with Crippen LogP contribution in [-0.4, -0.2) is 71.5 Å². The zero-order valence-electron chi connectivity index (χ0n) is 30.6. The number of imidazole rings is 2. The molecular formula is C39H32BrF6N5O6. The molecule has 0 fully saturated rings. The Morgan fingerprint density at radius 2 is 1.04 bits per heavy atom. The Hall–Kier alpha value is -6.09. The molecule has 0 aliphatic heterocycles. The number of benzene rings is 4. The molecule has 0 atom stereocenters. The van der Waals surface area contributed by atoms with E-state index in [-0.39, 0.29) is 34.1 Å². The third kappa shape index (κ3) is 9.84. The first kappa shape index (κ1) is 42.1. The Bertz CT molecular complexity index is 2440. The molecule has 6 rings (SSSR count). The predicted molar refractivity (Wildman–Crippen MR) is 200 cm³/mol. The minimum absolute atomic E-state index is 0.00911. The predicted octanol–water partition coefficient (Wildman–Crippen LogP) is 9.77. The number of fused-ring (bicyclic) bond motifs is 2. The van der Waals surface area contributed by atoms with Gasteiger partial charge in [0.1, 0.15) is 46.8 Å². The van der Waals surface area contributed by atoms with E-state index in [1.807, 2.05) is 24.3 Å². The lowest BCUT2D eigenvalue weighted by atomic mass is 10.0. The fourth-order valence-electron chi connectivity index (χ4n) is 5.86. The highest BCUT2D eigenvalue weighted by molar-refractivity contribution is 9.10. The van der Waals surface area contributed by atoms with Gasteiger partial charge in [0.2, 0.25) is 0 Å². The van der Waals surface area contributed by atoms with Gasteiger partial charge in [-0.2, -0.15) is 31.6 Å². The van der Waals surface area contributed by atoms with Crippen LogP contribution in [0.4, 0.5) is 26.3 Å². The van der Waals surface area contributed by atoms with E-state index in [9.17, 15) is 35.9 Å². The van der Waals surface area contributed by atoms with Crippen LogP contribution in [0, 0.1) is 11.3 Å². The number of carbonyl (C=O) groups excluding carboxylic acids is 2. The molecule has 2 aromatic heterocycles. The van der Waals surface area contributed by atoms with E-state index in [4.69, 9.17) is 24.2 Å². The van der Waals surface area contributed by atoms with Gasteiger partial charge in [-0.3, -0.25) is 18.7 Å². The lowest BCUT2D eigenvalue weighted by molar-refractivity contribution is -0.134. The Balaban J connectivity index is 0.000000218. The molecule has 57 heavy (non-hydrogen) atoms. The van der Waals surface area contributed by atoms with Crippen LogP contribution in [0.5, 0.6) is 23.0 Å². The van der Waals surface area contributed by atoms with Crippen LogP contribution in [0.3, 0.4) is 0 Å². The highest BCUT2D eigenvalue weighted by atomic mass is 79.9. The highest BCUT2D eigenvalue weighted by Gasteiger charge is 2.31. The number of rotatable bonds is 12. The topological polar surface area (TPSA) is 130 Å². The van der Waals surface area contributed by atoms with Crippen molar-refractivity contribution in [3.63, 3.8) is 0 Å². The van der Waals surface area contributed by atoms with E-state index in [0.717, 1.165) is 15.5 Å². The standard InChI is InChI=1S/C20H16F3N3O3.C19H16BrF3N2O3/c1-28-17-8-13(26-11-25-14-7-12(10-24)3-4-15(14)26)9-18(29-2)19(17)16(27)5-6-20(21,22)23;1-27-16-8-12(25-10-24-13-7-11(20)3-4-14(13)25)9-17(28-2)18(16)15(26)5-6-19(21,22)23/h3-4,7-9,11H,5-6H2,1-2H3;3-4,7-10H,5-6H2,1-2H3. The van der Waals surface area contributed by atoms with Gasteiger partial charge in [-0.15, -0.1) is 0 Å². The molecule has 11 nitrogen and oxygen atoms in total. The van der Waals surface area contributed by atoms with Gasteiger partial charge in [-0.25, -0.2) is 9.97 Å². The van der Waals surface area contributed by atoms with Crippen molar-refractivity contribution < 1.29 is 54.9 Å². The fourth-order valence-corrected chi connectivity index (χ4v) is 6.21. The van der Waals surface area contributed by atoms with E-state index in [1.54, 1.807) is 45.8 Å². The maximum Gasteiger partial charge on any atom is 0.389 e. The van der Waals surface area contributed by atoms with Crippen molar-refractivity contribution in [3.8, 4) is 40.4 Å². The number of hydrogen-bond acceptors (Lipinski definition) is 9. The summed E-state index contributed by atoms with van der Waals surface area (Å²) >= 11 is 3.39. The number of ketones is 2. The number of alkyl halides is 6. The zero-order chi connectivity index (χ0) is 41.7. The number of aromatic nitrogens is 4. The second-order valence-corrected chi connectivity index (χ2v) is 13.1. The summed E-state index contributed by atoms with van der Waals surface area (Å²) in [5.74, 6) is -0.946. The number of nitriles is 1. The molecule has 0 radical (unpaired) electrons. The lowest BCUT2D eigenvalue weighted by Gasteiger charge is -2.16. The van der Waals surface area contributed by atoms with Crippen molar-refractivity contribution >= 4 is 49.6 Å². The fraction of sp³-hybridized carbons (Fsp3) is 0.256. The molecule has 0 spiro atoms. The second-order valence-electron chi connectivity index (χ2n) is 12.2. The number of ether oxygens (including phenoxy) is 4. The van der Waals surface area contributed by atoms with Crippen molar-refractivity contribution in [3.05, 3.63) is 94.5 Å². The molecule has 2 heterocycles. The monoisotopic (exact) mass is 859 g/mol. The van der Waals surface area contributed by atoms with Crippen LogP contribution in [0.2, 0.25) is 0 Å². The van der Waals surface area contributed by atoms with Crippen molar-refractivity contribution in [1.29, 1.82) is 5.26 Å². The molecule has 0 aliphatic rings. The first-order valence-corrected chi connectivity index (χ1v) is 17.5. The van der Waals surface area contributed by atoms with E-state index in [1.165, 1.54) is 46.9 Å². The first-order valence-electron chi connectivity index (χ1n) is 16.7. The number of carbonyl (C=O) groups is 2. The van der Waals surface area contributed by atoms with Gasteiger partial charge < -0.3 is 18.9 Å². The van der Waals surface area contributed by atoms with Crippen LogP contribution in [0.25, 0.3) is 33.4 Å². The summed E-state index contributed by atoms with van der Waals surface area (Å²) in [7, 11) is 5.35. The maximum atomic E-state index is 12.5. The van der Waals surface area contributed by atoms with E-state index in [2.05, 4.69) is 25.9 Å². The van der Waals surface area contributed by atoms with Gasteiger partial charge in [0, 0.05) is 41.6 Å². The summed E-state index contributed by atoms with van der Waals surface area (Å²) in [4.78, 5) is 33.4. The highest BCUT2D eigenvalue weighted by Crippen LogP contribution is 2.37.